The van der Waals surface area contributed by atoms with Crippen molar-refractivity contribution in [2.75, 3.05) is 33.2 Å². The average molecular weight is 186 g/mol. The second-order valence-corrected chi connectivity index (χ2v) is 3.78. The van der Waals surface area contributed by atoms with E-state index in [0.29, 0.717) is 0 Å². The van der Waals surface area contributed by atoms with Gasteiger partial charge in [0.15, 0.2) is 0 Å². The third-order valence-corrected chi connectivity index (χ3v) is 2.37. The van der Waals surface area contributed by atoms with Crippen LogP contribution in [0.15, 0.2) is 0 Å². The lowest BCUT2D eigenvalue weighted by atomic mass is 10.0. The van der Waals surface area contributed by atoms with Crippen LogP contribution in [0.1, 0.15) is 12.8 Å². The molecular formula is C9H18N2O2. The highest BCUT2D eigenvalue weighted by Gasteiger charge is 2.17. The largest absolute Gasteiger partial charge is 0.481 e. The first kappa shape index (κ1) is 10.5. The molecule has 4 nitrogen and oxygen atoms in total. The van der Waals surface area contributed by atoms with Gasteiger partial charge in [-0.05, 0) is 25.9 Å². The maximum Gasteiger partial charge on any atom is 0.303 e. The molecule has 0 radical (unpaired) electrons. The molecule has 0 aromatic heterocycles. The highest BCUT2D eigenvalue weighted by atomic mass is 16.4. The predicted molar refractivity (Wildman–Crippen MR) is 50.7 cm³/mol. The van der Waals surface area contributed by atoms with E-state index >= 15 is 0 Å². The van der Waals surface area contributed by atoms with E-state index in [1.165, 1.54) is 0 Å². The van der Waals surface area contributed by atoms with E-state index in [4.69, 9.17) is 5.11 Å². The standard InChI is InChI=1S/C9H18N2O2/c1-11(4-2-3-9(12)13)7-8-5-10-6-8/h8,10H,2-7H2,1H3,(H,12,13). The second kappa shape index (κ2) is 5.19. The Bertz CT molecular complexity index is 169. The fourth-order valence-corrected chi connectivity index (χ4v) is 1.51. The van der Waals surface area contributed by atoms with E-state index < -0.39 is 5.97 Å². The van der Waals surface area contributed by atoms with Crippen LogP contribution in [0, 0.1) is 5.92 Å². The number of rotatable bonds is 6. The lowest BCUT2D eigenvalue weighted by Gasteiger charge is -2.31. The third kappa shape index (κ3) is 4.24. The van der Waals surface area contributed by atoms with Gasteiger partial charge in [0.1, 0.15) is 0 Å². The minimum atomic E-state index is -0.696. The quantitative estimate of drug-likeness (QED) is 0.613. The maximum atomic E-state index is 10.2. The van der Waals surface area contributed by atoms with Gasteiger partial charge in [0, 0.05) is 26.1 Å². The summed E-state index contributed by atoms with van der Waals surface area (Å²) in [7, 11) is 2.06. The molecule has 0 saturated carbocycles. The Balaban J connectivity index is 1.96. The van der Waals surface area contributed by atoms with Crippen LogP contribution in [0.5, 0.6) is 0 Å². The predicted octanol–water partition coefficient (Wildman–Crippen LogP) is 0.00240. The van der Waals surface area contributed by atoms with Crippen molar-refractivity contribution in [3.63, 3.8) is 0 Å². The van der Waals surface area contributed by atoms with Gasteiger partial charge < -0.3 is 15.3 Å². The van der Waals surface area contributed by atoms with E-state index in [9.17, 15) is 4.79 Å². The van der Waals surface area contributed by atoms with Gasteiger partial charge in [0.05, 0.1) is 0 Å². The van der Waals surface area contributed by atoms with Crippen LogP contribution in [-0.2, 0) is 4.79 Å². The van der Waals surface area contributed by atoms with Crippen LogP contribution in [-0.4, -0.2) is 49.2 Å². The Hall–Kier alpha value is -0.610. The van der Waals surface area contributed by atoms with Crippen molar-refractivity contribution in [3.8, 4) is 0 Å². The molecule has 4 heteroatoms. The zero-order valence-electron chi connectivity index (χ0n) is 8.12. The Morgan fingerprint density at radius 2 is 2.31 bits per heavy atom. The van der Waals surface area contributed by atoms with Gasteiger partial charge in [0.2, 0.25) is 0 Å². The van der Waals surface area contributed by atoms with Crippen molar-refractivity contribution in [1.29, 1.82) is 0 Å². The molecule has 1 heterocycles. The molecule has 0 spiro atoms. The van der Waals surface area contributed by atoms with Crippen molar-refractivity contribution in [2.24, 2.45) is 5.92 Å². The van der Waals surface area contributed by atoms with Gasteiger partial charge in [-0.15, -0.1) is 0 Å². The first-order valence-electron chi connectivity index (χ1n) is 4.79. The zero-order chi connectivity index (χ0) is 9.68. The van der Waals surface area contributed by atoms with Crippen LogP contribution >= 0.6 is 0 Å². The van der Waals surface area contributed by atoms with E-state index in [1.54, 1.807) is 0 Å². The van der Waals surface area contributed by atoms with Crippen LogP contribution in [0.25, 0.3) is 0 Å². The summed E-state index contributed by atoms with van der Waals surface area (Å²) in [6, 6.07) is 0. The van der Waals surface area contributed by atoms with Crippen molar-refractivity contribution in [1.82, 2.24) is 10.2 Å². The zero-order valence-corrected chi connectivity index (χ0v) is 8.12. The number of nitrogens with zero attached hydrogens (tertiary/aromatic N) is 1. The monoisotopic (exact) mass is 186 g/mol. The highest BCUT2D eigenvalue weighted by Crippen LogP contribution is 2.05. The highest BCUT2D eigenvalue weighted by molar-refractivity contribution is 5.66. The number of hydrogen-bond acceptors (Lipinski definition) is 3. The molecular weight excluding hydrogens is 168 g/mol. The van der Waals surface area contributed by atoms with E-state index in [2.05, 4.69) is 17.3 Å². The summed E-state index contributed by atoms with van der Waals surface area (Å²) < 4.78 is 0. The summed E-state index contributed by atoms with van der Waals surface area (Å²) in [5.41, 5.74) is 0. The van der Waals surface area contributed by atoms with Gasteiger partial charge >= 0.3 is 5.97 Å². The van der Waals surface area contributed by atoms with E-state index in [0.717, 1.165) is 38.5 Å². The molecule has 2 N–H and O–H groups in total. The summed E-state index contributed by atoms with van der Waals surface area (Å²) in [6.07, 6.45) is 1.04. The van der Waals surface area contributed by atoms with E-state index in [-0.39, 0.29) is 6.42 Å². The second-order valence-electron chi connectivity index (χ2n) is 3.78. The SMILES string of the molecule is CN(CCCC(=O)O)CC1CNC1. The molecule has 1 aliphatic rings. The number of carboxylic acid groups (broad SMARTS) is 1. The fraction of sp³-hybridized carbons (Fsp3) is 0.889. The first-order valence-corrected chi connectivity index (χ1v) is 4.79. The van der Waals surface area contributed by atoms with Crippen molar-refractivity contribution in [3.05, 3.63) is 0 Å². The molecule has 0 aromatic carbocycles. The Morgan fingerprint density at radius 1 is 1.62 bits per heavy atom. The molecule has 0 unspecified atom stereocenters. The van der Waals surface area contributed by atoms with Crippen molar-refractivity contribution >= 4 is 5.97 Å². The molecule has 0 aromatic rings. The molecule has 76 valence electrons. The van der Waals surface area contributed by atoms with Gasteiger partial charge in [-0.2, -0.15) is 0 Å². The molecule has 0 atom stereocenters. The number of hydrogen-bond donors (Lipinski definition) is 2. The third-order valence-electron chi connectivity index (χ3n) is 2.37. The average Bonchev–Trinajstić information content (AvgIpc) is 1.96. The van der Waals surface area contributed by atoms with Crippen LogP contribution in [0.3, 0.4) is 0 Å². The van der Waals surface area contributed by atoms with E-state index in [1.807, 2.05) is 0 Å². The molecule has 1 saturated heterocycles. The lowest BCUT2D eigenvalue weighted by Crippen LogP contribution is -2.47. The van der Waals surface area contributed by atoms with Gasteiger partial charge in [-0.25, -0.2) is 0 Å². The number of carboxylic acids is 1. The van der Waals surface area contributed by atoms with Gasteiger partial charge in [-0.3, -0.25) is 4.79 Å². The number of carbonyl (C=O) groups is 1. The summed E-state index contributed by atoms with van der Waals surface area (Å²) in [5.74, 6) is 0.0774. The Kier molecular flexibility index (Phi) is 4.18. The minimum Gasteiger partial charge on any atom is -0.481 e. The number of aliphatic carboxylic acids is 1. The Labute approximate surface area is 78.9 Å². The molecule has 1 fully saturated rings. The maximum absolute atomic E-state index is 10.2. The van der Waals surface area contributed by atoms with Crippen LogP contribution in [0.4, 0.5) is 0 Å². The topological polar surface area (TPSA) is 52.6 Å². The minimum absolute atomic E-state index is 0.285. The summed E-state index contributed by atoms with van der Waals surface area (Å²) >= 11 is 0. The fourth-order valence-electron chi connectivity index (χ4n) is 1.51. The van der Waals surface area contributed by atoms with Crippen molar-refractivity contribution < 1.29 is 9.90 Å². The molecule has 1 aliphatic heterocycles. The summed E-state index contributed by atoms with van der Waals surface area (Å²) in [6.45, 7) is 4.21. The van der Waals surface area contributed by atoms with Gasteiger partial charge in [-0.1, -0.05) is 0 Å². The van der Waals surface area contributed by atoms with Crippen LogP contribution in [0.2, 0.25) is 0 Å². The molecule has 0 bridgehead atoms. The molecule has 13 heavy (non-hydrogen) atoms. The smallest absolute Gasteiger partial charge is 0.303 e. The van der Waals surface area contributed by atoms with Crippen LogP contribution < -0.4 is 5.32 Å². The summed E-state index contributed by atoms with van der Waals surface area (Å²) in [4.78, 5) is 12.5. The van der Waals surface area contributed by atoms with Gasteiger partial charge in [0.25, 0.3) is 0 Å². The lowest BCUT2D eigenvalue weighted by molar-refractivity contribution is -0.137. The number of nitrogens with one attached hydrogen (secondary N) is 1. The molecule has 1 rings (SSSR count). The Morgan fingerprint density at radius 3 is 2.77 bits per heavy atom. The molecule has 0 amide bonds. The molecule has 0 aliphatic carbocycles. The normalized spacial score (nSPS) is 17.4. The first-order chi connectivity index (χ1) is 6.18. The summed E-state index contributed by atoms with van der Waals surface area (Å²) in [5, 5.41) is 11.7. The van der Waals surface area contributed by atoms with Crippen molar-refractivity contribution in [2.45, 2.75) is 12.8 Å².